The summed E-state index contributed by atoms with van der Waals surface area (Å²) in [4.78, 5) is 6.55. The Bertz CT molecular complexity index is 358. The molecule has 0 radical (unpaired) electrons. The van der Waals surface area contributed by atoms with Crippen LogP contribution in [0.4, 0.5) is 0 Å². The number of hydrogen-bond donors (Lipinski definition) is 1. The highest BCUT2D eigenvalue weighted by atomic mass is 15.2. The van der Waals surface area contributed by atoms with E-state index in [4.69, 9.17) is 0 Å². The van der Waals surface area contributed by atoms with Crippen LogP contribution in [0.3, 0.4) is 0 Å². The number of likely N-dealkylation sites (N-methyl/N-ethyl adjacent to an activating group) is 1. The summed E-state index contributed by atoms with van der Waals surface area (Å²) in [6, 6.07) is 4.23. The Kier molecular flexibility index (Phi) is 5.34. The van der Waals surface area contributed by atoms with E-state index in [1.165, 1.54) is 44.3 Å². The normalized spacial score (nSPS) is 23.1. The summed E-state index contributed by atoms with van der Waals surface area (Å²) >= 11 is 0. The van der Waals surface area contributed by atoms with Crippen LogP contribution in [-0.2, 0) is 6.42 Å². The van der Waals surface area contributed by atoms with E-state index in [1.807, 2.05) is 12.4 Å². The zero-order valence-electron chi connectivity index (χ0n) is 12.4. The van der Waals surface area contributed by atoms with Crippen LogP contribution in [0.5, 0.6) is 0 Å². The maximum absolute atomic E-state index is 4.07. The number of nitrogens with zero attached hydrogens (tertiary/aromatic N) is 2. The fourth-order valence-corrected chi connectivity index (χ4v) is 3.24. The first-order valence-corrected chi connectivity index (χ1v) is 7.56. The molecule has 0 amide bonds. The van der Waals surface area contributed by atoms with E-state index < -0.39 is 0 Å². The molecule has 1 aromatic heterocycles. The summed E-state index contributed by atoms with van der Waals surface area (Å²) < 4.78 is 0. The molecule has 0 bridgehead atoms. The van der Waals surface area contributed by atoms with Crippen molar-refractivity contribution in [3.05, 3.63) is 30.1 Å². The lowest BCUT2D eigenvalue weighted by Gasteiger charge is -2.34. The summed E-state index contributed by atoms with van der Waals surface area (Å²) in [5.41, 5.74) is 1.76. The van der Waals surface area contributed by atoms with Crippen molar-refractivity contribution in [1.29, 1.82) is 0 Å². The van der Waals surface area contributed by atoms with E-state index in [2.05, 4.69) is 41.3 Å². The van der Waals surface area contributed by atoms with E-state index >= 15 is 0 Å². The summed E-state index contributed by atoms with van der Waals surface area (Å²) in [5, 5.41) is 3.75. The van der Waals surface area contributed by atoms with Crippen molar-refractivity contribution in [2.24, 2.45) is 0 Å². The molecule has 2 heterocycles. The van der Waals surface area contributed by atoms with Crippen molar-refractivity contribution in [3.63, 3.8) is 0 Å². The fourth-order valence-electron chi connectivity index (χ4n) is 3.24. The number of nitrogens with one attached hydrogen (secondary N) is 1. The lowest BCUT2D eigenvalue weighted by Crippen LogP contribution is -2.49. The van der Waals surface area contributed by atoms with Crippen LogP contribution in [0, 0.1) is 0 Å². The second-order valence-electron chi connectivity index (χ2n) is 5.90. The van der Waals surface area contributed by atoms with Gasteiger partial charge in [0.2, 0.25) is 0 Å². The molecule has 0 aromatic carbocycles. The third-order valence-electron chi connectivity index (χ3n) is 4.16. The minimum atomic E-state index is 0.377. The van der Waals surface area contributed by atoms with Crippen LogP contribution >= 0.6 is 0 Å². The summed E-state index contributed by atoms with van der Waals surface area (Å²) in [5.74, 6) is 0. The van der Waals surface area contributed by atoms with Gasteiger partial charge >= 0.3 is 0 Å². The first kappa shape index (κ1) is 14.5. The molecular formula is C16H27N3. The van der Waals surface area contributed by atoms with Gasteiger partial charge < -0.3 is 10.2 Å². The molecule has 3 nitrogen and oxygen atoms in total. The zero-order chi connectivity index (χ0) is 13.6. The van der Waals surface area contributed by atoms with Crippen LogP contribution in [0.2, 0.25) is 0 Å². The van der Waals surface area contributed by atoms with E-state index in [0.717, 1.165) is 13.0 Å². The van der Waals surface area contributed by atoms with Crippen molar-refractivity contribution >= 4 is 0 Å². The van der Waals surface area contributed by atoms with Gasteiger partial charge in [0, 0.05) is 31.0 Å². The molecule has 1 N–H and O–H groups in total. The minimum absolute atomic E-state index is 0.377. The Hall–Kier alpha value is -0.930. The quantitative estimate of drug-likeness (QED) is 0.817. The summed E-state index contributed by atoms with van der Waals surface area (Å²) in [6.45, 7) is 5.78. The predicted molar refractivity (Wildman–Crippen MR) is 80.3 cm³/mol. The highest BCUT2D eigenvalue weighted by Gasteiger charge is 2.33. The van der Waals surface area contributed by atoms with Gasteiger partial charge in [0.05, 0.1) is 0 Å². The van der Waals surface area contributed by atoms with Crippen molar-refractivity contribution < 1.29 is 0 Å². The third kappa shape index (κ3) is 4.29. The maximum atomic E-state index is 4.07. The van der Waals surface area contributed by atoms with Gasteiger partial charge in [-0.3, -0.25) is 4.98 Å². The molecule has 0 spiro atoms. The van der Waals surface area contributed by atoms with Crippen molar-refractivity contribution in [2.45, 2.75) is 44.6 Å². The van der Waals surface area contributed by atoms with Crippen LogP contribution in [0.15, 0.2) is 24.5 Å². The molecule has 1 unspecified atom stereocenters. The molecule has 1 saturated heterocycles. The van der Waals surface area contributed by atoms with Gasteiger partial charge in [0.25, 0.3) is 0 Å². The molecule has 3 heteroatoms. The molecule has 1 aliphatic heterocycles. The molecular weight excluding hydrogens is 234 g/mol. The topological polar surface area (TPSA) is 28.2 Å². The molecule has 1 aromatic rings. The molecule has 1 fully saturated rings. The fraction of sp³-hybridized carbons (Fsp3) is 0.688. The second kappa shape index (κ2) is 7.01. The molecule has 1 aliphatic rings. The van der Waals surface area contributed by atoms with Gasteiger partial charge in [-0.2, -0.15) is 0 Å². The van der Waals surface area contributed by atoms with E-state index in [9.17, 15) is 0 Å². The number of rotatable bonds is 7. The SMILES string of the molecule is CCCC1(CN(C)CCc2ccncc2)CCCN1. The molecule has 0 aliphatic carbocycles. The Morgan fingerprint density at radius 3 is 2.79 bits per heavy atom. The Labute approximate surface area is 117 Å². The van der Waals surface area contributed by atoms with Gasteiger partial charge in [-0.15, -0.1) is 0 Å². The zero-order valence-corrected chi connectivity index (χ0v) is 12.4. The number of hydrogen-bond acceptors (Lipinski definition) is 3. The minimum Gasteiger partial charge on any atom is -0.310 e. The van der Waals surface area contributed by atoms with Crippen LogP contribution < -0.4 is 5.32 Å². The highest BCUT2D eigenvalue weighted by molar-refractivity contribution is 5.10. The van der Waals surface area contributed by atoms with E-state index in [1.54, 1.807) is 0 Å². The van der Waals surface area contributed by atoms with Gasteiger partial charge in [-0.05, 0) is 57.0 Å². The first-order valence-electron chi connectivity index (χ1n) is 7.56. The maximum Gasteiger partial charge on any atom is 0.0309 e. The molecule has 19 heavy (non-hydrogen) atoms. The van der Waals surface area contributed by atoms with Crippen molar-refractivity contribution in [3.8, 4) is 0 Å². The average Bonchev–Trinajstić information content (AvgIpc) is 2.86. The first-order chi connectivity index (χ1) is 9.24. The van der Waals surface area contributed by atoms with Crippen molar-refractivity contribution in [2.75, 3.05) is 26.7 Å². The standard InChI is InChI=1S/C16H27N3/c1-3-8-16(9-4-10-18-16)14-19(2)13-7-15-5-11-17-12-6-15/h5-6,11-12,18H,3-4,7-10,13-14H2,1-2H3. The average molecular weight is 261 g/mol. The molecule has 106 valence electrons. The number of pyridine rings is 1. The highest BCUT2D eigenvalue weighted by Crippen LogP contribution is 2.25. The molecule has 2 rings (SSSR count). The lowest BCUT2D eigenvalue weighted by molar-refractivity contribution is 0.215. The van der Waals surface area contributed by atoms with Gasteiger partial charge in [0.15, 0.2) is 0 Å². The molecule has 0 saturated carbocycles. The third-order valence-corrected chi connectivity index (χ3v) is 4.16. The summed E-state index contributed by atoms with van der Waals surface area (Å²) in [6.07, 6.45) is 10.1. The monoisotopic (exact) mass is 261 g/mol. The molecule has 1 atom stereocenters. The van der Waals surface area contributed by atoms with Crippen LogP contribution in [0.25, 0.3) is 0 Å². The largest absolute Gasteiger partial charge is 0.310 e. The second-order valence-corrected chi connectivity index (χ2v) is 5.90. The summed E-state index contributed by atoms with van der Waals surface area (Å²) in [7, 11) is 2.25. The smallest absolute Gasteiger partial charge is 0.0309 e. The van der Waals surface area contributed by atoms with Gasteiger partial charge in [-0.1, -0.05) is 13.3 Å². The Balaban J connectivity index is 1.81. The Morgan fingerprint density at radius 2 is 2.16 bits per heavy atom. The van der Waals surface area contributed by atoms with Gasteiger partial charge in [-0.25, -0.2) is 0 Å². The lowest BCUT2D eigenvalue weighted by atomic mass is 9.91. The van der Waals surface area contributed by atoms with Crippen LogP contribution in [0.1, 0.15) is 38.2 Å². The van der Waals surface area contributed by atoms with E-state index in [0.29, 0.717) is 5.54 Å². The Morgan fingerprint density at radius 1 is 1.37 bits per heavy atom. The van der Waals surface area contributed by atoms with Crippen LogP contribution in [-0.4, -0.2) is 42.1 Å². The predicted octanol–water partition coefficient (Wildman–Crippen LogP) is 2.48. The van der Waals surface area contributed by atoms with E-state index in [-0.39, 0.29) is 0 Å². The van der Waals surface area contributed by atoms with Gasteiger partial charge in [0.1, 0.15) is 0 Å². The number of aromatic nitrogens is 1. The van der Waals surface area contributed by atoms with Crippen molar-refractivity contribution in [1.82, 2.24) is 15.2 Å².